The van der Waals surface area contributed by atoms with Crippen LogP contribution >= 0.6 is 23.2 Å². The Morgan fingerprint density at radius 1 is 1.00 bits per heavy atom. The molecule has 0 saturated heterocycles. The van der Waals surface area contributed by atoms with Crippen LogP contribution in [0.25, 0.3) is 0 Å². The molecule has 0 saturated carbocycles. The molecule has 0 aliphatic carbocycles. The Balaban J connectivity index is 1.94. The summed E-state index contributed by atoms with van der Waals surface area (Å²) in [5.74, 6) is 0. The van der Waals surface area contributed by atoms with Gasteiger partial charge < -0.3 is 5.32 Å². The van der Waals surface area contributed by atoms with Gasteiger partial charge in [0.2, 0.25) is 0 Å². The van der Waals surface area contributed by atoms with Crippen LogP contribution in [0.1, 0.15) is 11.1 Å². The molecule has 0 fully saturated rings. The molecule has 0 heterocycles. The summed E-state index contributed by atoms with van der Waals surface area (Å²) in [5, 5.41) is 14.9. The standard InChI is InChI=1S/C14H12Cl2N2O2/c15-13-5-4-11(7-14(13)16)9-17-8-10-2-1-3-12(6-10)18(19)20/h1-7,17H,8-9H2. The minimum Gasteiger partial charge on any atom is -0.309 e. The van der Waals surface area contributed by atoms with Gasteiger partial charge in [-0.05, 0) is 23.3 Å². The summed E-state index contributed by atoms with van der Waals surface area (Å²) in [7, 11) is 0. The molecule has 0 aliphatic rings. The van der Waals surface area contributed by atoms with E-state index in [1.165, 1.54) is 6.07 Å². The molecule has 20 heavy (non-hydrogen) atoms. The largest absolute Gasteiger partial charge is 0.309 e. The Hall–Kier alpha value is -1.62. The highest BCUT2D eigenvalue weighted by Gasteiger charge is 2.05. The lowest BCUT2D eigenvalue weighted by Gasteiger charge is -2.06. The highest BCUT2D eigenvalue weighted by molar-refractivity contribution is 6.42. The van der Waals surface area contributed by atoms with E-state index >= 15 is 0 Å². The predicted molar refractivity (Wildman–Crippen MR) is 80.1 cm³/mol. The molecule has 1 N–H and O–H groups in total. The van der Waals surface area contributed by atoms with E-state index in [4.69, 9.17) is 23.2 Å². The topological polar surface area (TPSA) is 55.2 Å². The molecule has 0 aromatic heterocycles. The third-order valence-corrected chi connectivity index (χ3v) is 3.50. The number of nitrogens with one attached hydrogen (secondary N) is 1. The number of non-ortho nitro benzene ring substituents is 1. The van der Waals surface area contributed by atoms with Gasteiger partial charge >= 0.3 is 0 Å². The first-order chi connectivity index (χ1) is 9.56. The number of hydrogen-bond donors (Lipinski definition) is 1. The van der Waals surface area contributed by atoms with Gasteiger partial charge in [-0.1, -0.05) is 41.4 Å². The van der Waals surface area contributed by atoms with E-state index in [0.29, 0.717) is 23.1 Å². The summed E-state index contributed by atoms with van der Waals surface area (Å²) in [6.45, 7) is 1.15. The van der Waals surface area contributed by atoms with Gasteiger partial charge in [-0.25, -0.2) is 0 Å². The fourth-order valence-corrected chi connectivity index (χ4v) is 2.10. The van der Waals surface area contributed by atoms with Crippen LogP contribution in [0, 0.1) is 10.1 Å². The van der Waals surface area contributed by atoms with Gasteiger partial charge in [-0.15, -0.1) is 0 Å². The average molecular weight is 311 g/mol. The van der Waals surface area contributed by atoms with Crippen molar-refractivity contribution in [3.63, 3.8) is 0 Å². The van der Waals surface area contributed by atoms with Crippen molar-refractivity contribution in [3.8, 4) is 0 Å². The fraction of sp³-hybridized carbons (Fsp3) is 0.143. The van der Waals surface area contributed by atoms with Gasteiger partial charge in [0.15, 0.2) is 0 Å². The summed E-state index contributed by atoms with van der Waals surface area (Å²) < 4.78 is 0. The molecule has 104 valence electrons. The number of nitro benzene ring substituents is 1. The molecule has 2 aromatic rings. The van der Waals surface area contributed by atoms with Gasteiger partial charge in [-0.3, -0.25) is 10.1 Å². The van der Waals surface area contributed by atoms with Gasteiger partial charge in [0.25, 0.3) is 5.69 Å². The summed E-state index contributed by atoms with van der Waals surface area (Å²) in [4.78, 5) is 10.3. The van der Waals surface area contributed by atoms with E-state index in [1.54, 1.807) is 24.3 Å². The molecule has 0 unspecified atom stereocenters. The molecule has 0 radical (unpaired) electrons. The van der Waals surface area contributed by atoms with Crippen molar-refractivity contribution in [2.75, 3.05) is 0 Å². The number of hydrogen-bond acceptors (Lipinski definition) is 3. The smallest absolute Gasteiger partial charge is 0.269 e. The fourth-order valence-electron chi connectivity index (χ4n) is 1.78. The molecule has 0 amide bonds. The molecule has 6 heteroatoms. The van der Waals surface area contributed by atoms with E-state index < -0.39 is 4.92 Å². The lowest BCUT2D eigenvalue weighted by atomic mass is 10.2. The predicted octanol–water partition coefficient (Wildman–Crippen LogP) is 4.19. The van der Waals surface area contributed by atoms with Crippen molar-refractivity contribution >= 4 is 28.9 Å². The molecule has 0 aliphatic heterocycles. The Kier molecular flexibility index (Phi) is 4.95. The quantitative estimate of drug-likeness (QED) is 0.665. The molecule has 2 rings (SSSR count). The Labute approximate surface area is 126 Å². The second-order valence-electron chi connectivity index (χ2n) is 4.28. The lowest BCUT2D eigenvalue weighted by molar-refractivity contribution is -0.384. The van der Waals surface area contributed by atoms with Crippen molar-refractivity contribution in [3.05, 3.63) is 73.8 Å². The van der Waals surface area contributed by atoms with Gasteiger partial charge in [0, 0.05) is 25.2 Å². The maximum absolute atomic E-state index is 10.7. The van der Waals surface area contributed by atoms with Gasteiger partial charge in [0.1, 0.15) is 0 Å². The second-order valence-corrected chi connectivity index (χ2v) is 5.09. The van der Waals surface area contributed by atoms with Crippen LogP contribution in [0.2, 0.25) is 10.0 Å². The SMILES string of the molecule is O=[N+]([O-])c1cccc(CNCc2ccc(Cl)c(Cl)c2)c1. The highest BCUT2D eigenvalue weighted by atomic mass is 35.5. The number of nitro groups is 1. The monoisotopic (exact) mass is 310 g/mol. The zero-order chi connectivity index (χ0) is 14.5. The first-order valence-electron chi connectivity index (χ1n) is 5.94. The van der Waals surface area contributed by atoms with Crippen molar-refractivity contribution in [1.29, 1.82) is 0 Å². The second kappa shape index (κ2) is 6.70. The van der Waals surface area contributed by atoms with Crippen molar-refractivity contribution < 1.29 is 4.92 Å². The van der Waals surface area contributed by atoms with Crippen LogP contribution < -0.4 is 5.32 Å². The summed E-state index contributed by atoms with van der Waals surface area (Å²) in [6.07, 6.45) is 0. The molecule has 4 nitrogen and oxygen atoms in total. The minimum absolute atomic E-state index is 0.0961. The zero-order valence-corrected chi connectivity index (χ0v) is 12.0. The Morgan fingerprint density at radius 2 is 1.70 bits per heavy atom. The lowest BCUT2D eigenvalue weighted by Crippen LogP contribution is -2.12. The first kappa shape index (κ1) is 14.8. The van der Waals surface area contributed by atoms with Crippen molar-refractivity contribution in [2.24, 2.45) is 0 Å². The van der Waals surface area contributed by atoms with E-state index in [-0.39, 0.29) is 5.69 Å². The van der Waals surface area contributed by atoms with Gasteiger partial charge in [-0.2, -0.15) is 0 Å². The van der Waals surface area contributed by atoms with E-state index in [9.17, 15) is 10.1 Å². The van der Waals surface area contributed by atoms with Gasteiger partial charge in [0.05, 0.1) is 15.0 Å². The Bertz CT molecular complexity index is 632. The zero-order valence-electron chi connectivity index (χ0n) is 10.5. The maximum atomic E-state index is 10.7. The molecule has 0 spiro atoms. The average Bonchev–Trinajstić information content (AvgIpc) is 2.43. The highest BCUT2D eigenvalue weighted by Crippen LogP contribution is 2.22. The van der Waals surface area contributed by atoms with Crippen LogP contribution in [0.15, 0.2) is 42.5 Å². The van der Waals surface area contributed by atoms with Crippen molar-refractivity contribution in [1.82, 2.24) is 5.32 Å². The van der Waals surface area contributed by atoms with E-state index in [0.717, 1.165) is 11.1 Å². The van der Waals surface area contributed by atoms with Crippen LogP contribution in [0.3, 0.4) is 0 Å². The number of rotatable bonds is 5. The molecule has 0 bridgehead atoms. The molecule has 2 aromatic carbocycles. The van der Waals surface area contributed by atoms with Crippen LogP contribution in [-0.2, 0) is 13.1 Å². The summed E-state index contributed by atoms with van der Waals surface area (Å²) >= 11 is 11.8. The third-order valence-electron chi connectivity index (χ3n) is 2.76. The van der Waals surface area contributed by atoms with E-state index in [2.05, 4.69) is 5.32 Å². The van der Waals surface area contributed by atoms with E-state index in [1.807, 2.05) is 12.1 Å². The first-order valence-corrected chi connectivity index (χ1v) is 6.70. The van der Waals surface area contributed by atoms with Crippen molar-refractivity contribution in [2.45, 2.75) is 13.1 Å². The Morgan fingerprint density at radius 3 is 2.35 bits per heavy atom. The number of halogens is 2. The minimum atomic E-state index is -0.400. The van der Waals surface area contributed by atoms with Crippen LogP contribution in [0.4, 0.5) is 5.69 Å². The maximum Gasteiger partial charge on any atom is 0.269 e. The van der Waals surface area contributed by atoms with Crippen LogP contribution in [0.5, 0.6) is 0 Å². The normalized spacial score (nSPS) is 10.5. The number of nitrogens with zero attached hydrogens (tertiary/aromatic N) is 1. The summed E-state index contributed by atoms with van der Waals surface area (Å²) in [6, 6.07) is 12.0. The third kappa shape index (κ3) is 3.93. The molecular formula is C14H12Cl2N2O2. The molecule has 0 atom stereocenters. The number of benzene rings is 2. The summed E-state index contributed by atoms with van der Waals surface area (Å²) in [5.41, 5.74) is 1.96. The molecular weight excluding hydrogens is 299 g/mol. The van der Waals surface area contributed by atoms with Crippen LogP contribution in [-0.4, -0.2) is 4.92 Å².